The molecule has 1 aromatic carbocycles. The van der Waals surface area contributed by atoms with Gasteiger partial charge >= 0.3 is 0 Å². The number of benzene rings is 1. The molecule has 0 aromatic heterocycles. The van der Waals surface area contributed by atoms with Gasteiger partial charge in [-0.05, 0) is 32.9 Å². The molecule has 0 atom stereocenters. The van der Waals surface area contributed by atoms with Gasteiger partial charge in [0, 0.05) is 0 Å². The van der Waals surface area contributed by atoms with Gasteiger partial charge in [0.05, 0.1) is 22.5 Å². The van der Waals surface area contributed by atoms with Gasteiger partial charge in [-0.2, -0.15) is 5.26 Å². The number of hydrogen-bond donors (Lipinski definition) is 3. The van der Waals surface area contributed by atoms with E-state index in [9.17, 15) is 4.39 Å². The molecule has 0 saturated heterocycles. The van der Waals surface area contributed by atoms with Gasteiger partial charge in [0.1, 0.15) is 23.6 Å². The van der Waals surface area contributed by atoms with Gasteiger partial charge in [0.2, 0.25) is 0 Å². The van der Waals surface area contributed by atoms with Crippen molar-refractivity contribution in [1.82, 2.24) is 0 Å². The predicted octanol–water partition coefficient (Wildman–Crippen LogP) is 2.68. The van der Waals surface area contributed by atoms with Crippen molar-refractivity contribution in [2.45, 2.75) is 26.3 Å². The normalized spacial score (nSPS) is 16.4. The Labute approximate surface area is 110 Å². The molecule has 1 aromatic rings. The Balaban J connectivity index is 2.81. The first-order chi connectivity index (χ1) is 8.79. The Bertz CT molecular complexity index is 627. The van der Waals surface area contributed by atoms with Crippen molar-refractivity contribution < 1.29 is 4.39 Å². The van der Waals surface area contributed by atoms with Crippen LogP contribution in [-0.4, -0.2) is 17.2 Å². The number of halogens is 1. The van der Waals surface area contributed by atoms with Crippen molar-refractivity contribution >= 4 is 23.0 Å². The molecule has 1 aliphatic rings. The van der Waals surface area contributed by atoms with Crippen molar-refractivity contribution in [2.75, 3.05) is 10.2 Å². The molecule has 19 heavy (non-hydrogen) atoms. The fourth-order valence-corrected chi connectivity index (χ4v) is 2.11. The number of anilines is 2. The summed E-state index contributed by atoms with van der Waals surface area (Å²) in [6.07, 6.45) is 0. The minimum Gasteiger partial charge on any atom is -0.369 e. The summed E-state index contributed by atoms with van der Waals surface area (Å²) in [5.41, 5.74) is -0.189. The molecule has 0 radical (unpaired) electrons. The molecule has 5 nitrogen and oxygen atoms in total. The maximum atomic E-state index is 14.0. The molecule has 6 heteroatoms. The number of amidine groups is 2. The van der Waals surface area contributed by atoms with Gasteiger partial charge in [-0.25, -0.2) is 4.39 Å². The van der Waals surface area contributed by atoms with Crippen molar-refractivity contribution in [3.8, 4) is 6.07 Å². The van der Waals surface area contributed by atoms with E-state index in [-0.39, 0.29) is 28.6 Å². The lowest BCUT2D eigenvalue weighted by Crippen LogP contribution is -2.55. The SMILES string of the molecule is CC(=N)N1C(=N)C(C)(C)Nc2c(F)ccc(C#N)c21. The summed E-state index contributed by atoms with van der Waals surface area (Å²) < 4.78 is 14.0. The third kappa shape index (κ3) is 1.83. The van der Waals surface area contributed by atoms with Crippen LogP contribution in [-0.2, 0) is 0 Å². The molecule has 0 spiro atoms. The van der Waals surface area contributed by atoms with Crippen LogP contribution in [0, 0.1) is 28.0 Å². The van der Waals surface area contributed by atoms with Gasteiger partial charge < -0.3 is 5.32 Å². The molecule has 1 aliphatic heterocycles. The largest absolute Gasteiger partial charge is 0.369 e. The van der Waals surface area contributed by atoms with E-state index in [1.54, 1.807) is 13.8 Å². The standard InChI is InChI=1S/C13H14FN5/c1-7(16)19-11-8(6-15)4-5-9(14)10(11)18-13(2,3)12(19)17/h4-5,16-18H,1-3H3. The highest BCUT2D eigenvalue weighted by Gasteiger charge is 2.39. The zero-order chi connectivity index (χ0) is 14.4. The third-order valence-electron chi connectivity index (χ3n) is 3.06. The smallest absolute Gasteiger partial charge is 0.148 e. The highest BCUT2D eigenvalue weighted by molar-refractivity contribution is 6.24. The average molecular weight is 259 g/mol. The topological polar surface area (TPSA) is 86.8 Å². The Morgan fingerprint density at radius 3 is 2.63 bits per heavy atom. The van der Waals surface area contributed by atoms with Crippen LogP contribution in [0.25, 0.3) is 0 Å². The highest BCUT2D eigenvalue weighted by atomic mass is 19.1. The van der Waals surface area contributed by atoms with Crippen LogP contribution in [0.15, 0.2) is 12.1 Å². The van der Waals surface area contributed by atoms with Gasteiger partial charge in [-0.3, -0.25) is 15.7 Å². The highest BCUT2D eigenvalue weighted by Crippen LogP contribution is 2.39. The zero-order valence-corrected chi connectivity index (χ0v) is 10.9. The Kier molecular flexibility index (Phi) is 2.78. The number of nitriles is 1. The van der Waals surface area contributed by atoms with Gasteiger partial charge in [0.25, 0.3) is 0 Å². The lowest BCUT2D eigenvalue weighted by Gasteiger charge is -2.42. The van der Waals surface area contributed by atoms with E-state index in [0.717, 1.165) is 0 Å². The van der Waals surface area contributed by atoms with Gasteiger partial charge in [-0.1, -0.05) is 0 Å². The summed E-state index contributed by atoms with van der Waals surface area (Å²) in [6.45, 7) is 4.96. The molecular weight excluding hydrogens is 245 g/mol. The van der Waals surface area contributed by atoms with Crippen LogP contribution in [0.1, 0.15) is 26.3 Å². The molecule has 98 valence electrons. The number of fused-ring (bicyclic) bond motifs is 1. The molecule has 3 N–H and O–H groups in total. The van der Waals surface area contributed by atoms with E-state index in [0.29, 0.717) is 0 Å². The molecule has 0 saturated carbocycles. The van der Waals surface area contributed by atoms with Crippen LogP contribution in [0.5, 0.6) is 0 Å². The first-order valence-corrected chi connectivity index (χ1v) is 5.74. The van der Waals surface area contributed by atoms with E-state index in [2.05, 4.69) is 5.32 Å². The zero-order valence-electron chi connectivity index (χ0n) is 10.9. The lowest BCUT2D eigenvalue weighted by atomic mass is 9.95. The molecular formula is C13H14FN5. The van der Waals surface area contributed by atoms with E-state index in [1.807, 2.05) is 6.07 Å². The number of nitrogens with zero attached hydrogens (tertiary/aromatic N) is 2. The van der Waals surface area contributed by atoms with Crippen LogP contribution in [0.2, 0.25) is 0 Å². The molecule has 0 bridgehead atoms. The minimum absolute atomic E-state index is 0.0722. The maximum Gasteiger partial charge on any atom is 0.148 e. The van der Waals surface area contributed by atoms with Gasteiger partial charge in [-0.15, -0.1) is 0 Å². The van der Waals surface area contributed by atoms with E-state index < -0.39 is 11.4 Å². The van der Waals surface area contributed by atoms with Crippen molar-refractivity contribution in [3.05, 3.63) is 23.5 Å². The maximum absolute atomic E-state index is 14.0. The van der Waals surface area contributed by atoms with Crippen LogP contribution >= 0.6 is 0 Å². The first-order valence-electron chi connectivity index (χ1n) is 5.74. The summed E-state index contributed by atoms with van der Waals surface area (Å²) in [5, 5.41) is 28.0. The monoisotopic (exact) mass is 259 g/mol. The Morgan fingerprint density at radius 1 is 1.47 bits per heavy atom. The van der Waals surface area contributed by atoms with E-state index in [4.69, 9.17) is 16.1 Å². The van der Waals surface area contributed by atoms with Gasteiger partial charge in [0.15, 0.2) is 0 Å². The minimum atomic E-state index is -0.815. The second-order valence-corrected chi connectivity index (χ2v) is 4.95. The second-order valence-electron chi connectivity index (χ2n) is 4.95. The lowest BCUT2D eigenvalue weighted by molar-refractivity contribution is 0.619. The predicted molar refractivity (Wildman–Crippen MR) is 72.4 cm³/mol. The molecule has 0 aliphatic carbocycles. The third-order valence-corrected chi connectivity index (χ3v) is 3.06. The summed E-state index contributed by atoms with van der Waals surface area (Å²) in [5.74, 6) is -0.321. The quantitative estimate of drug-likeness (QED) is 0.494. The number of rotatable bonds is 0. The van der Waals surface area contributed by atoms with Crippen LogP contribution < -0.4 is 10.2 Å². The molecule has 2 rings (SSSR count). The molecule has 0 unspecified atom stereocenters. The molecule has 1 heterocycles. The number of nitrogens with one attached hydrogen (secondary N) is 3. The second kappa shape index (κ2) is 4.05. The molecule has 0 amide bonds. The van der Waals surface area contributed by atoms with Crippen LogP contribution in [0.4, 0.5) is 15.8 Å². The molecule has 0 fully saturated rings. The van der Waals surface area contributed by atoms with Crippen molar-refractivity contribution in [2.24, 2.45) is 0 Å². The summed E-state index contributed by atoms with van der Waals surface area (Å²) in [4.78, 5) is 1.30. The Hall–Kier alpha value is -2.42. The van der Waals surface area contributed by atoms with Crippen molar-refractivity contribution in [1.29, 1.82) is 16.1 Å². The average Bonchev–Trinajstić information content (AvgIpc) is 2.32. The Morgan fingerprint density at radius 2 is 2.11 bits per heavy atom. The fraction of sp³-hybridized carbons (Fsp3) is 0.308. The first kappa shape index (κ1) is 13.0. The summed E-state index contributed by atoms with van der Waals surface area (Å²) in [7, 11) is 0. The van der Waals surface area contributed by atoms with Crippen molar-refractivity contribution in [3.63, 3.8) is 0 Å². The summed E-state index contributed by atoms with van der Waals surface area (Å²) >= 11 is 0. The van der Waals surface area contributed by atoms with E-state index >= 15 is 0 Å². The van der Waals surface area contributed by atoms with E-state index in [1.165, 1.54) is 24.0 Å². The number of hydrogen-bond acceptors (Lipinski definition) is 4. The fourth-order valence-electron chi connectivity index (χ4n) is 2.11. The van der Waals surface area contributed by atoms with Crippen LogP contribution in [0.3, 0.4) is 0 Å². The summed E-state index contributed by atoms with van der Waals surface area (Å²) in [6, 6.07) is 4.55.